The lowest BCUT2D eigenvalue weighted by Gasteiger charge is -2.11. The number of nitrogens with zero attached hydrogens (tertiary/aromatic N) is 3. The Bertz CT molecular complexity index is 952. The van der Waals surface area contributed by atoms with Gasteiger partial charge in [-0.3, -0.25) is 4.79 Å². The van der Waals surface area contributed by atoms with E-state index < -0.39 is 21.8 Å². The van der Waals surface area contributed by atoms with Gasteiger partial charge in [0, 0.05) is 22.6 Å². The molecule has 2 aromatic rings. The summed E-state index contributed by atoms with van der Waals surface area (Å²) < 4.78 is 58.8. The van der Waals surface area contributed by atoms with Gasteiger partial charge in [-0.05, 0) is 37.1 Å². The molecule has 0 aliphatic heterocycles. The van der Waals surface area contributed by atoms with Crippen LogP contribution in [0, 0.1) is 5.92 Å². The fourth-order valence-corrected chi connectivity index (χ4v) is 4.38. The van der Waals surface area contributed by atoms with Gasteiger partial charge in [0.15, 0.2) is 0 Å². The summed E-state index contributed by atoms with van der Waals surface area (Å²) in [7, 11) is -2.96. The first kappa shape index (κ1) is 20.5. The van der Waals surface area contributed by atoms with E-state index in [1.807, 2.05) is 0 Å². The molecule has 1 aromatic carbocycles. The van der Waals surface area contributed by atoms with Crippen LogP contribution in [0.1, 0.15) is 44.4 Å². The molecule has 0 spiro atoms. The van der Waals surface area contributed by atoms with Gasteiger partial charge in [-0.25, -0.2) is 4.21 Å². The average molecular weight is 415 g/mol. The van der Waals surface area contributed by atoms with Gasteiger partial charge in [-0.2, -0.15) is 22.5 Å². The monoisotopic (exact) mass is 415 g/mol. The summed E-state index contributed by atoms with van der Waals surface area (Å²) in [5, 5.41) is 3.31. The molecule has 152 valence electrons. The van der Waals surface area contributed by atoms with Crippen molar-refractivity contribution < 1.29 is 26.7 Å². The summed E-state index contributed by atoms with van der Waals surface area (Å²) in [6.45, 7) is 0. The molecule has 1 saturated carbocycles. The SMILES string of the molecule is CS(=O)(=NC(=O)C1CCCCCC1)c1ccc(-c2noc(C(F)(F)F)n2)cc1. The van der Waals surface area contributed by atoms with Crippen LogP contribution in [0.15, 0.2) is 38.0 Å². The highest BCUT2D eigenvalue weighted by atomic mass is 32.2. The largest absolute Gasteiger partial charge is 0.471 e. The van der Waals surface area contributed by atoms with E-state index in [0.29, 0.717) is 4.90 Å². The van der Waals surface area contributed by atoms with Crippen molar-refractivity contribution in [1.29, 1.82) is 0 Å². The minimum atomic E-state index is -4.72. The van der Waals surface area contributed by atoms with E-state index in [4.69, 9.17) is 0 Å². The maximum absolute atomic E-state index is 12.9. The second kappa shape index (κ2) is 8.02. The minimum Gasteiger partial charge on any atom is -0.329 e. The molecule has 1 unspecified atom stereocenters. The van der Waals surface area contributed by atoms with Crippen LogP contribution in [0.2, 0.25) is 0 Å². The molecule has 0 bridgehead atoms. The Labute approximate surface area is 160 Å². The van der Waals surface area contributed by atoms with Gasteiger partial charge in [0.1, 0.15) is 0 Å². The van der Waals surface area contributed by atoms with Gasteiger partial charge in [-0.1, -0.05) is 30.8 Å². The third-order valence-corrected chi connectivity index (χ3v) is 6.36. The first-order chi connectivity index (χ1) is 13.2. The zero-order valence-electron chi connectivity index (χ0n) is 15.2. The maximum atomic E-state index is 12.9. The Kier molecular flexibility index (Phi) is 5.87. The smallest absolute Gasteiger partial charge is 0.329 e. The van der Waals surface area contributed by atoms with Crippen molar-refractivity contribution in [2.45, 2.75) is 49.6 Å². The summed E-state index contributed by atoms with van der Waals surface area (Å²) in [6.07, 6.45) is 2.31. The van der Waals surface area contributed by atoms with E-state index in [1.54, 1.807) is 0 Å². The van der Waals surface area contributed by atoms with Gasteiger partial charge in [0.05, 0.1) is 9.73 Å². The molecule has 1 atom stereocenters. The Morgan fingerprint density at radius 2 is 1.75 bits per heavy atom. The van der Waals surface area contributed by atoms with Crippen LogP contribution in [-0.2, 0) is 20.7 Å². The van der Waals surface area contributed by atoms with Gasteiger partial charge in [0.25, 0.3) is 5.91 Å². The van der Waals surface area contributed by atoms with Crippen LogP contribution in [0.25, 0.3) is 11.4 Å². The number of halogens is 3. The third kappa shape index (κ3) is 4.78. The van der Waals surface area contributed by atoms with E-state index in [0.717, 1.165) is 38.5 Å². The standard InChI is InChI=1S/C18H20F3N3O3S/c1-28(26,24-16(25)13-6-4-2-3-5-7-13)14-10-8-12(9-11-14)15-22-17(27-23-15)18(19,20)21/h8-11,13H,2-7H2,1H3. The number of hydrogen-bond donors (Lipinski definition) is 0. The Balaban J connectivity index is 1.80. The Morgan fingerprint density at radius 3 is 2.29 bits per heavy atom. The molecule has 1 aliphatic carbocycles. The minimum absolute atomic E-state index is 0.192. The molecule has 1 amide bonds. The quantitative estimate of drug-likeness (QED) is 0.678. The first-order valence-corrected chi connectivity index (χ1v) is 10.9. The van der Waals surface area contributed by atoms with Crippen LogP contribution in [-0.4, -0.2) is 26.5 Å². The molecule has 28 heavy (non-hydrogen) atoms. The van der Waals surface area contributed by atoms with Gasteiger partial charge >= 0.3 is 12.1 Å². The van der Waals surface area contributed by atoms with Crippen molar-refractivity contribution in [3.05, 3.63) is 30.2 Å². The predicted octanol–water partition coefficient (Wildman–Crippen LogP) is 4.71. The molecular formula is C18H20F3N3O3S. The lowest BCUT2D eigenvalue weighted by molar-refractivity contribution is -0.159. The molecule has 6 nitrogen and oxygen atoms in total. The van der Waals surface area contributed by atoms with Crippen molar-refractivity contribution in [3.63, 3.8) is 0 Å². The lowest BCUT2D eigenvalue weighted by Crippen LogP contribution is -2.14. The Morgan fingerprint density at radius 1 is 1.14 bits per heavy atom. The lowest BCUT2D eigenvalue weighted by atomic mass is 10.0. The van der Waals surface area contributed by atoms with Crippen LogP contribution in [0.4, 0.5) is 13.2 Å². The summed E-state index contributed by atoms with van der Waals surface area (Å²) in [4.78, 5) is 16.1. The average Bonchev–Trinajstić information content (AvgIpc) is 2.98. The second-order valence-electron chi connectivity index (χ2n) is 6.87. The number of rotatable bonds is 3. The van der Waals surface area contributed by atoms with Crippen molar-refractivity contribution in [2.24, 2.45) is 10.3 Å². The van der Waals surface area contributed by atoms with Gasteiger partial charge in [-0.15, -0.1) is 0 Å². The number of alkyl halides is 3. The van der Waals surface area contributed by atoms with Crippen molar-refractivity contribution in [2.75, 3.05) is 6.26 Å². The van der Waals surface area contributed by atoms with E-state index in [-0.39, 0.29) is 23.2 Å². The number of carbonyl (C=O) groups is 1. The zero-order valence-corrected chi connectivity index (χ0v) is 16.1. The molecule has 1 fully saturated rings. The zero-order chi connectivity index (χ0) is 20.4. The molecule has 3 rings (SSSR count). The van der Waals surface area contributed by atoms with E-state index in [9.17, 15) is 22.2 Å². The van der Waals surface area contributed by atoms with E-state index in [2.05, 4.69) is 19.0 Å². The number of benzene rings is 1. The fourth-order valence-electron chi connectivity index (χ4n) is 3.14. The molecule has 0 N–H and O–H groups in total. The highest BCUT2D eigenvalue weighted by Crippen LogP contribution is 2.30. The summed E-state index contributed by atoms with van der Waals surface area (Å²) in [6, 6.07) is 5.75. The Hall–Kier alpha value is -2.23. The second-order valence-corrected chi connectivity index (χ2v) is 9.12. The molecule has 1 aliphatic rings. The summed E-state index contributed by atoms with van der Waals surface area (Å²) in [5.41, 5.74) is 0.272. The normalized spacial score (nSPS) is 18.3. The molecule has 0 radical (unpaired) electrons. The predicted molar refractivity (Wildman–Crippen MR) is 95.7 cm³/mol. The maximum Gasteiger partial charge on any atom is 0.471 e. The van der Waals surface area contributed by atoms with E-state index in [1.165, 1.54) is 30.5 Å². The van der Waals surface area contributed by atoms with Gasteiger partial charge < -0.3 is 4.52 Å². The number of aromatic nitrogens is 2. The van der Waals surface area contributed by atoms with Crippen molar-refractivity contribution in [1.82, 2.24) is 10.1 Å². The molecule has 1 heterocycles. The summed E-state index contributed by atoms with van der Waals surface area (Å²) in [5.74, 6) is -2.20. The number of carbonyl (C=O) groups excluding carboxylic acids is 1. The van der Waals surface area contributed by atoms with Crippen LogP contribution in [0.3, 0.4) is 0 Å². The number of amides is 1. The van der Waals surface area contributed by atoms with Gasteiger partial charge in [0.2, 0.25) is 5.82 Å². The third-order valence-electron chi connectivity index (χ3n) is 4.69. The van der Waals surface area contributed by atoms with Crippen LogP contribution < -0.4 is 0 Å². The van der Waals surface area contributed by atoms with Crippen LogP contribution in [0.5, 0.6) is 0 Å². The molecule has 0 saturated heterocycles. The molecular weight excluding hydrogens is 395 g/mol. The highest BCUT2D eigenvalue weighted by Gasteiger charge is 2.38. The fraction of sp³-hybridized carbons (Fsp3) is 0.500. The van der Waals surface area contributed by atoms with Crippen molar-refractivity contribution in [3.8, 4) is 11.4 Å². The topological polar surface area (TPSA) is 85.4 Å². The van der Waals surface area contributed by atoms with Crippen molar-refractivity contribution >= 4 is 15.6 Å². The highest BCUT2D eigenvalue weighted by molar-refractivity contribution is 7.93. The molecule has 1 aromatic heterocycles. The first-order valence-electron chi connectivity index (χ1n) is 8.94. The van der Waals surface area contributed by atoms with Crippen LogP contribution >= 0.6 is 0 Å². The summed E-state index contributed by atoms with van der Waals surface area (Å²) >= 11 is 0. The molecule has 10 heteroatoms. The number of hydrogen-bond acceptors (Lipinski definition) is 5. The van der Waals surface area contributed by atoms with E-state index >= 15 is 0 Å².